The number of pyridine rings is 1. The maximum absolute atomic E-state index is 12.9. The topological polar surface area (TPSA) is 86.1 Å². The zero-order chi connectivity index (χ0) is 20.8. The van der Waals surface area contributed by atoms with E-state index in [1.807, 2.05) is 42.1 Å². The Labute approximate surface area is 174 Å². The lowest BCUT2D eigenvalue weighted by atomic mass is 10.1. The van der Waals surface area contributed by atoms with Crippen molar-refractivity contribution in [2.24, 2.45) is 0 Å². The summed E-state index contributed by atoms with van der Waals surface area (Å²) >= 11 is 1.59. The van der Waals surface area contributed by atoms with Crippen LogP contribution in [0.5, 0.6) is 0 Å². The van der Waals surface area contributed by atoms with Gasteiger partial charge in [-0.3, -0.25) is 9.59 Å². The Morgan fingerprint density at radius 3 is 2.79 bits per heavy atom. The zero-order valence-electron chi connectivity index (χ0n) is 17.0. The number of hydrogen-bond donors (Lipinski definition) is 1. The fourth-order valence-electron chi connectivity index (χ4n) is 3.10. The van der Waals surface area contributed by atoms with Gasteiger partial charge in [-0.05, 0) is 44.2 Å². The molecule has 8 heteroatoms. The Morgan fingerprint density at radius 2 is 2.10 bits per heavy atom. The molecule has 3 aromatic heterocycles. The lowest BCUT2D eigenvalue weighted by Gasteiger charge is -2.10. The Hall–Kier alpha value is -2.74. The molecule has 0 fully saturated rings. The van der Waals surface area contributed by atoms with E-state index >= 15 is 0 Å². The monoisotopic (exact) mass is 414 g/mol. The predicted octanol–water partition coefficient (Wildman–Crippen LogP) is 4.20. The van der Waals surface area contributed by atoms with Crippen molar-refractivity contribution in [3.63, 3.8) is 0 Å². The summed E-state index contributed by atoms with van der Waals surface area (Å²) in [5.41, 5.74) is 2.08. The Balaban J connectivity index is 1.75. The number of ether oxygens (including phenoxy) is 1. The summed E-state index contributed by atoms with van der Waals surface area (Å²) < 4.78 is 6.48. The standard InChI is InChI=1S/C21H26N4O3S/c1-14(2)25-20-16(13-23-25)15(12-17(24-20)18-8-7-11-29-18)21(27)22-10-6-4-5-9-19(26)28-3/h7-8,11-14H,4-6,9-10H2,1-3H3,(H,22,27). The number of rotatable bonds is 9. The maximum atomic E-state index is 12.9. The molecule has 0 aliphatic rings. The molecule has 0 radical (unpaired) electrons. The van der Waals surface area contributed by atoms with E-state index in [9.17, 15) is 9.59 Å². The lowest BCUT2D eigenvalue weighted by Crippen LogP contribution is -2.25. The molecule has 0 spiro atoms. The van der Waals surface area contributed by atoms with Crippen molar-refractivity contribution in [1.82, 2.24) is 20.1 Å². The van der Waals surface area contributed by atoms with Crippen LogP contribution in [0, 0.1) is 0 Å². The molecule has 3 rings (SSSR count). The van der Waals surface area contributed by atoms with E-state index in [4.69, 9.17) is 4.98 Å². The molecule has 1 N–H and O–H groups in total. The normalized spacial score (nSPS) is 11.2. The Morgan fingerprint density at radius 1 is 1.28 bits per heavy atom. The summed E-state index contributed by atoms with van der Waals surface area (Å²) in [5, 5.41) is 10.2. The SMILES string of the molecule is COC(=O)CCCCCNC(=O)c1cc(-c2cccs2)nc2c1cnn2C(C)C. The largest absolute Gasteiger partial charge is 0.469 e. The van der Waals surface area contributed by atoms with Gasteiger partial charge in [0.2, 0.25) is 0 Å². The van der Waals surface area contributed by atoms with Gasteiger partial charge in [-0.1, -0.05) is 12.5 Å². The molecule has 3 heterocycles. The Kier molecular flexibility index (Phi) is 6.98. The van der Waals surface area contributed by atoms with Crippen LogP contribution in [0.25, 0.3) is 21.6 Å². The molecular weight excluding hydrogens is 388 g/mol. The number of thiophene rings is 1. The van der Waals surface area contributed by atoms with E-state index in [2.05, 4.69) is 15.2 Å². The van der Waals surface area contributed by atoms with Crippen LogP contribution in [-0.4, -0.2) is 40.3 Å². The molecule has 0 atom stereocenters. The number of unbranched alkanes of at least 4 members (excludes halogenated alkanes) is 2. The summed E-state index contributed by atoms with van der Waals surface area (Å²) in [6, 6.07) is 5.95. The van der Waals surface area contributed by atoms with E-state index < -0.39 is 0 Å². The molecule has 3 aromatic rings. The van der Waals surface area contributed by atoms with Crippen molar-refractivity contribution in [2.45, 2.75) is 45.6 Å². The fraction of sp³-hybridized carbons (Fsp3) is 0.429. The summed E-state index contributed by atoms with van der Waals surface area (Å²) in [6.07, 6.45) is 4.54. The zero-order valence-corrected chi connectivity index (χ0v) is 17.8. The van der Waals surface area contributed by atoms with Crippen molar-refractivity contribution in [1.29, 1.82) is 0 Å². The van der Waals surface area contributed by atoms with E-state index in [1.54, 1.807) is 17.5 Å². The van der Waals surface area contributed by atoms with Gasteiger partial charge in [0, 0.05) is 19.0 Å². The van der Waals surface area contributed by atoms with Gasteiger partial charge >= 0.3 is 5.97 Å². The number of aromatic nitrogens is 3. The number of esters is 1. The average molecular weight is 415 g/mol. The highest BCUT2D eigenvalue weighted by atomic mass is 32.1. The first kappa shape index (κ1) is 21.0. The van der Waals surface area contributed by atoms with Crippen molar-refractivity contribution < 1.29 is 14.3 Å². The molecule has 0 unspecified atom stereocenters. The number of carbonyl (C=O) groups is 2. The van der Waals surface area contributed by atoms with Gasteiger partial charge in [-0.25, -0.2) is 9.67 Å². The third-order valence-corrected chi connectivity index (χ3v) is 5.54. The molecule has 0 saturated heterocycles. The second-order valence-electron chi connectivity index (χ2n) is 7.10. The van der Waals surface area contributed by atoms with Crippen LogP contribution in [0.15, 0.2) is 29.8 Å². The van der Waals surface area contributed by atoms with Crippen LogP contribution < -0.4 is 5.32 Å². The van der Waals surface area contributed by atoms with E-state index in [0.717, 1.165) is 35.2 Å². The van der Waals surface area contributed by atoms with Crippen LogP contribution in [-0.2, 0) is 9.53 Å². The first-order valence-corrected chi connectivity index (χ1v) is 10.7. The smallest absolute Gasteiger partial charge is 0.305 e. The van der Waals surface area contributed by atoms with Gasteiger partial charge in [-0.2, -0.15) is 5.10 Å². The van der Waals surface area contributed by atoms with Gasteiger partial charge in [0.1, 0.15) is 0 Å². The molecular formula is C21H26N4O3S. The third-order valence-electron chi connectivity index (χ3n) is 4.65. The molecule has 0 aliphatic carbocycles. The van der Waals surface area contributed by atoms with E-state index in [1.165, 1.54) is 7.11 Å². The molecule has 0 saturated carbocycles. The number of methoxy groups -OCH3 is 1. The van der Waals surface area contributed by atoms with Crippen molar-refractivity contribution in [2.75, 3.05) is 13.7 Å². The van der Waals surface area contributed by atoms with Gasteiger partial charge in [0.15, 0.2) is 5.65 Å². The highest BCUT2D eigenvalue weighted by Gasteiger charge is 2.18. The van der Waals surface area contributed by atoms with Crippen LogP contribution >= 0.6 is 11.3 Å². The predicted molar refractivity (Wildman–Crippen MR) is 114 cm³/mol. The third kappa shape index (κ3) is 5.00. The minimum Gasteiger partial charge on any atom is -0.469 e. The maximum Gasteiger partial charge on any atom is 0.305 e. The summed E-state index contributed by atoms with van der Waals surface area (Å²) in [7, 11) is 1.39. The second kappa shape index (κ2) is 9.65. The van der Waals surface area contributed by atoms with Gasteiger partial charge in [-0.15, -0.1) is 11.3 Å². The fourth-order valence-corrected chi connectivity index (χ4v) is 3.79. The number of nitrogens with zero attached hydrogens (tertiary/aromatic N) is 3. The second-order valence-corrected chi connectivity index (χ2v) is 8.04. The summed E-state index contributed by atoms with van der Waals surface area (Å²) in [4.78, 5) is 29.8. The van der Waals surface area contributed by atoms with E-state index in [-0.39, 0.29) is 17.9 Å². The van der Waals surface area contributed by atoms with Gasteiger partial charge in [0.25, 0.3) is 5.91 Å². The van der Waals surface area contributed by atoms with Gasteiger partial charge in [0.05, 0.1) is 34.8 Å². The molecule has 0 bridgehead atoms. The first-order valence-electron chi connectivity index (χ1n) is 9.78. The summed E-state index contributed by atoms with van der Waals surface area (Å²) in [5.74, 6) is -0.331. The summed E-state index contributed by atoms with van der Waals surface area (Å²) in [6.45, 7) is 4.64. The highest BCUT2D eigenvalue weighted by Crippen LogP contribution is 2.28. The van der Waals surface area contributed by atoms with Crippen LogP contribution in [0.2, 0.25) is 0 Å². The molecule has 1 amide bonds. The van der Waals surface area contributed by atoms with Crippen LogP contribution in [0.4, 0.5) is 0 Å². The minimum absolute atomic E-state index is 0.133. The lowest BCUT2D eigenvalue weighted by molar-refractivity contribution is -0.140. The number of carbonyl (C=O) groups excluding carboxylic acids is 2. The highest BCUT2D eigenvalue weighted by molar-refractivity contribution is 7.13. The van der Waals surface area contributed by atoms with Gasteiger partial charge < -0.3 is 10.1 Å². The Bertz CT molecular complexity index is 979. The number of nitrogens with one attached hydrogen (secondary N) is 1. The molecule has 0 aromatic carbocycles. The number of amides is 1. The molecule has 7 nitrogen and oxygen atoms in total. The number of fused-ring (bicyclic) bond motifs is 1. The van der Waals surface area contributed by atoms with Crippen LogP contribution in [0.1, 0.15) is 55.9 Å². The van der Waals surface area contributed by atoms with Crippen molar-refractivity contribution in [3.05, 3.63) is 35.3 Å². The van der Waals surface area contributed by atoms with E-state index in [0.29, 0.717) is 24.2 Å². The number of hydrogen-bond acceptors (Lipinski definition) is 6. The molecule has 0 aliphatic heterocycles. The minimum atomic E-state index is -0.198. The first-order chi connectivity index (χ1) is 14.0. The quantitative estimate of drug-likeness (QED) is 0.419. The van der Waals surface area contributed by atoms with Crippen molar-refractivity contribution >= 4 is 34.2 Å². The van der Waals surface area contributed by atoms with Crippen molar-refractivity contribution in [3.8, 4) is 10.6 Å². The average Bonchev–Trinajstić information content (AvgIpc) is 3.39. The van der Waals surface area contributed by atoms with Crippen LogP contribution in [0.3, 0.4) is 0 Å². The molecule has 29 heavy (non-hydrogen) atoms. The molecule has 154 valence electrons.